The Morgan fingerprint density at radius 1 is 1.07 bits per heavy atom. The number of benzene rings is 2. The number of hydrogen-bond acceptors (Lipinski definition) is 8. The van der Waals surface area contributed by atoms with E-state index in [2.05, 4.69) is 26.3 Å². The number of carbonyl (C=O) groups excluding carboxylic acids is 2. The average molecular weight is 585 g/mol. The van der Waals surface area contributed by atoms with E-state index in [1.54, 1.807) is 42.5 Å². The van der Waals surface area contributed by atoms with Gasteiger partial charge in [-0.15, -0.1) is 0 Å². The minimum Gasteiger partial charge on any atom is -0.480 e. The summed E-state index contributed by atoms with van der Waals surface area (Å²) in [5.41, 5.74) is 1.22. The number of nitrogens with one attached hydrogen (secondary N) is 4. The zero-order chi connectivity index (χ0) is 29.2. The first-order valence-corrected chi connectivity index (χ1v) is 15.2. The number of nitrogens with zero attached hydrogens (tertiary/aromatic N) is 2. The molecule has 1 saturated heterocycles. The van der Waals surface area contributed by atoms with Crippen molar-refractivity contribution in [3.63, 3.8) is 0 Å². The van der Waals surface area contributed by atoms with Crippen molar-refractivity contribution in [3.05, 3.63) is 60.2 Å². The molecule has 0 radical (unpaired) electrons. The molecule has 1 fully saturated rings. The molecule has 2 aromatic carbocycles. The van der Waals surface area contributed by atoms with Crippen molar-refractivity contribution in [1.29, 1.82) is 0 Å². The number of carbonyl (C=O) groups is 3. The van der Waals surface area contributed by atoms with E-state index in [4.69, 9.17) is 0 Å². The van der Waals surface area contributed by atoms with Crippen molar-refractivity contribution < 1.29 is 27.9 Å². The molecule has 2 aliphatic heterocycles. The first kappa shape index (κ1) is 30.0. The third kappa shape index (κ3) is 8.27. The summed E-state index contributed by atoms with van der Waals surface area (Å²) >= 11 is 0. The molecule has 2 aromatic rings. The second kappa shape index (κ2) is 14.1. The van der Waals surface area contributed by atoms with Crippen LogP contribution in [0.25, 0.3) is 0 Å². The number of hydrogen-bond donors (Lipinski definition) is 5. The topological polar surface area (TPSA) is 169 Å². The van der Waals surface area contributed by atoms with Gasteiger partial charge in [0.25, 0.3) is 0 Å². The predicted molar refractivity (Wildman–Crippen MR) is 154 cm³/mol. The zero-order valence-corrected chi connectivity index (χ0v) is 23.5. The Labute approximate surface area is 239 Å². The highest BCUT2D eigenvalue weighted by Crippen LogP contribution is 2.26. The van der Waals surface area contributed by atoms with Crippen molar-refractivity contribution in [1.82, 2.24) is 20.3 Å². The quantitative estimate of drug-likeness (QED) is 0.233. The monoisotopic (exact) mass is 584 g/mol. The summed E-state index contributed by atoms with van der Waals surface area (Å²) in [7, 11) is -3.90. The molecule has 5 N–H and O–H groups in total. The van der Waals surface area contributed by atoms with Gasteiger partial charge in [0.2, 0.25) is 21.8 Å². The zero-order valence-electron chi connectivity index (χ0n) is 22.7. The van der Waals surface area contributed by atoms with Crippen LogP contribution in [0.15, 0.2) is 64.5 Å². The SMILES string of the molecule is O=C(CCCNC1=NCCCN1)Nc1ccc(C[C@H](NC(=O)[C@@H]2CCCN2S(=O)(=O)c2ccccc2)C(=O)O)cc1. The molecule has 0 aliphatic carbocycles. The number of carboxylic acids is 1. The minimum absolute atomic E-state index is 0.00293. The van der Waals surface area contributed by atoms with Crippen molar-refractivity contribution >= 4 is 39.5 Å². The third-order valence-electron chi connectivity index (χ3n) is 6.92. The van der Waals surface area contributed by atoms with Crippen molar-refractivity contribution in [2.24, 2.45) is 4.99 Å². The van der Waals surface area contributed by atoms with Crippen LogP contribution in [-0.2, 0) is 30.8 Å². The molecule has 2 aliphatic rings. The lowest BCUT2D eigenvalue weighted by Crippen LogP contribution is -2.51. The highest BCUT2D eigenvalue weighted by atomic mass is 32.2. The number of rotatable bonds is 12. The average Bonchev–Trinajstić information content (AvgIpc) is 3.48. The maximum atomic E-state index is 13.1. The van der Waals surface area contributed by atoms with Gasteiger partial charge in [-0.2, -0.15) is 4.31 Å². The molecular formula is C28H36N6O6S. The standard InChI is InChI=1S/C28H36N6O6S/c35-25(10-4-15-29-28-30-16-6-17-31-28)32-21-13-11-20(12-14-21)19-23(27(37)38)33-26(36)24-9-5-18-34(24)41(39,40)22-7-2-1-3-8-22/h1-3,7-8,11-14,23-24H,4-6,9-10,15-19H2,(H,32,35)(H,33,36)(H,37,38)(H2,29,30,31)/t23-,24-/m0/s1. The van der Waals surface area contributed by atoms with Crippen LogP contribution in [0.3, 0.4) is 0 Å². The van der Waals surface area contributed by atoms with Crippen molar-refractivity contribution in [2.75, 3.05) is 31.5 Å². The minimum atomic E-state index is -3.90. The van der Waals surface area contributed by atoms with Gasteiger partial charge < -0.3 is 26.4 Å². The molecule has 0 bridgehead atoms. The van der Waals surface area contributed by atoms with Gasteiger partial charge in [-0.3, -0.25) is 14.6 Å². The lowest BCUT2D eigenvalue weighted by molar-refractivity contribution is -0.142. The molecule has 0 saturated carbocycles. The highest BCUT2D eigenvalue weighted by Gasteiger charge is 2.40. The predicted octanol–water partition coefficient (Wildman–Crippen LogP) is 1.31. The van der Waals surface area contributed by atoms with Gasteiger partial charge in [0.1, 0.15) is 12.1 Å². The van der Waals surface area contributed by atoms with E-state index in [0.29, 0.717) is 43.5 Å². The molecular weight excluding hydrogens is 548 g/mol. The maximum absolute atomic E-state index is 13.1. The second-order valence-corrected chi connectivity index (χ2v) is 11.9. The first-order valence-electron chi connectivity index (χ1n) is 13.7. The normalized spacial score (nSPS) is 18.0. The van der Waals surface area contributed by atoms with E-state index in [1.807, 2.05) is 0 Å². The van der Waals surface area contributed by atoms with E-state index < -0.39 is 34.0 Å². The Balaban J connectivity index is 1.28. The largest absolute Gasteiger partial charge is 0.480 e. The van der Waals surface area contributed by atoms with Crippen LogP contribution >= 0.6 is 0 Å². The van der Waals surface area contributed by atoms with Crippen LogP contribution < -0.4 is 21.3 Å². The fourth-order valence-electron chi connectivity index (χ4n) is 4.78. The van der Waals surface area contributed by atoms with Crippen molar-refractivity contribution in [2.45, 2.75) is 55.5 Å². The fraction of sp³-hybridized carbons (Fsp3) is 0.429. The van der Waals surface area contributed by atoms with Crippen molar-refractivity contribution in [3.8, 4) is 0 Å². The Hall–Kier alpha value is -3.97. The lowest BCUT2D eigenvalue weighted by atomic mass is 10.0. The third-order valence-corrected chi connectivity index (χ3v) is 8.84. The van der Waals surface area contributed by atoms with Gasteiger partial charge >= 0.3 is 5.97 Å². The summed E-state index contributed by atoms with van der Waals surface area (Å²) in [5, 5.41) is 21.5. The van der Waals surface area contributed by atoms with Crippen LogP contribution in [-0.4, -0.2) is 79.8 Å². The Bertz CT molecular complexity index is 1350. The molecule has 0 aromatic heterocycles. The Kier molecular flexibility index (Phi) is 10.3. The van der Waals surface area contributed by atoms with E-state index in [-0.39, 0.29) is 23.8 Å². The molecule has 0 spiro atoms. The van der Waals surface area contributed by atoms with Crippen LogP contribution in [0.4, 0.5) is 5.69 Å². The fourth-order valence-corrected chi connectivity index (χ4v) is 6.45. The molecule has 220 valence electrons. The Morgan fingerprint density at radius 3 is 2.51 bits per heavy atom. The number of aliphatic carboxylic acids is 1. The lowest BCUT2D eigenvalue weighted by Gasteiger charge is -2.25. The van der Waals surface area contributed by atoms with Gasteiger partial charge in [0.05, 0.1) is 4.90 Å². The molecule has 2 amide bonds. The van der Waals surface area contributed by atoms with Gasteiger partial charge in [-0.05, 0) is 55.5 Å². The van der Waals surface area contributed by atoms with Gasteiger partial charge in [0.15, 0.2) is 5.96 Å². The van der Waals surface area contributed by atoms with E-state index >= 15 is 0 Å². The van der Waals surface area contributed by atoms with Gasteiger partial charge in [0, 0.05) is 44.7 Å². The van der Waals surface area contributed by atoms with Crippen LogP contribution in [0, 0.1) is 0 Å². The molecule has 0 unspecified atom stereocenters. The number of amides is 2. The smallest absolute Gasteiger partial charge is 0.326 e. The molecule has 12 nitrogen and oxygen atoms in total. The number of carboxylic acid groups (broad SMARTS) is 1. The Morgan fingerprint density at radius 2 is 1.83 bits per heavy atom. The molecule has 13 heteroatoms. The van der Waals surface area contributed by atoms with Crippen LogP contribution in [0.2, 0.25) is 0 Å². The highest BCUT2D eigenvalue weighted by molar-refractivity contribution is 7.89. The van der Waals surface area contributed by atoms with E-state index in [9.17, 15) is 27.9 Å². The van der Waals surface area contributed by atoms with Crippen LogP contribution in [0.1, 0.15) is 37.7 Å². The summed E-state index contributed by atoms with van der Waals surface area (Å²) in [6, 6.07) is 12.4. The first-order chi connectivity index (χ1) is 19.7. The molecule has 2 heterocycles. The summed E-state index contributed by atoms with van der Waals surface area (Å²) in [6.45, 7) is 2.49. The number of sulfonamides is 1. The van der Waals surface area contributed by atoms with Crippen LogP contribution in [0.5, 0.6) is 0 Å². The van der Waals surface area contributed by atoms with Gasteiger partial charge in [-0.25, -0.2) is 13.2 Å². The van der Waals surface area contributed by atoms with E-state index in [0.717, 1.165) is 29.8 Å². The number of anilines is 1. The summed E-state index contributed by atoms with van der Waals surface area (Å²) in [6.07, 6.45) is 2.78. The summed E-state index contributed by atoms with van der Waals surface area (Å²) < 4.78 is 27.3. The van der Waals surface area contributed by atoms with E-state index in [1.165, 1.54) is 12.1 Å². The second-order valence-electron chi connectivity index (χ2n) is 9.98. The molecule has 2 atom stereocenters. The van der Waals surface area contributed by atoms with Gasteiger partial charge in [-0.1, -0.05) is 30.3 Å². The number of guanidine groups is 1. The summed E-state index contributed by atoms with van der Waals surface area (Å²) in [4.78, 5) is 41.7. The molecule has 4 rings (SSSR count). The molecule has 41 heavy (non-hydrogen) atoms. The summed E-state index contributed by atoms with van der Waals surface area (Å²) in [5.74, 6) is -1.24. The maximum Gasteiger partial charge on any atom is 0.326 e. The number of aliphatic imine (C=N–C) groups is 1.